The van der Waals surface area contributed by atoms with E-state index in [1.807, 2.05) is 13.8 Å². The molecule has 1 rings (SSSR count). The number of halogens is 3. The van der Waals surface area contributed by atoms with Crippen molar-refractivity contribution in [2.24, 2.45) is 0 Å². The largest absolute Gasteiger partial charge is 0.346 e. The molecule has 0 heterocycles. The van der Waals surface area contributed by atoms with Crippen molar-refractivity contribution < 1.29 is 4.79 Å². The number of hydrogen-bond donors (Lipinski definition) is 1. The van der Waals surface area contributed by atoms with Crippen molar-refractivity contribution >= 4 is 45.0 Å². The fraction of sp³-hybridized carbons (Fsp3) is 0.417. The van der Waals surface area contributed by atoms with Crippen molar-refractivity contribution in [1.29, 1.82) is 0 Å². The fourth-order valence-electron chi connectivity index (χ4n) is 1.23. The Bertz CT molecular complexity index is 419. The third-order valence-electron chi connectivity index (χ3n) is 2.66. The van der Waals surface area contributed by atoms with Crippen LogP contribution >= 0.6 is 39.1 Å². The first kappa shape index (κ1) is 14.8. The smallest absolute Gasteiger partial charge is 0.252 e. The number of nitrogens with one attached hydrogen (secondary N) is 1. The maximum Gasteiger partial charge on any atom is 0.252 e. The lowest BCUT2D eigenvalue weighted by Gasteiger charge is -2.27. The standard InChI is InChI=1S/C12H14BrCl2NO/c1-3-12(2,7-14)16-11(17)9-6-8(15)4-5-10(9)13/h4-6H,3,7H2,1-2H3,(H,16,17). The Balaban J connectivity index is 2.94. The van der Waals surface area contributed by atoms with E-state index in [1.54, 1.807) is 18.2 Å². The summed E-state index contributed by atoms with van der Waals surface area (Å²) in [5.41, 5.74) is 0.114. The van der Waals surface area contributed by atoms with E-state index in [2.05, 4.69) is 21.2 Å². The van der Waals surface area contributed by atoms with E-state index in [4.69, 9.17) is 23.2 Å². The van der Waals surface area contributed by atoms with Crippen LogP contribution in [-0.2, 0) is 0 Å². The molecule has 0 radical (unpaired) electrons. The molecule has 0 aromatic heterocycles. The van der Waals surface area contributed by atoms with Gasteiger partial charge in [-0.15, -0.1) is 11.6 Å². The normalized spacial score (nSPS) is 14.2. The predicted molar refractivity (Wildman–Crippen MR) is 76.0 cm³/mol. The molecule has 17 heavy (non-hydrogen) atoms. The summed E-state index contributed by atoms with van der Waals surface area (Å²) in [5.74, 6) is 0.192. The summed E-state index contributed by atoms with van der Waals surface area (Å²) >= 11 is 15.1. The molecule has 0 aliphatic rings. The first-order chi connectivity index (χ1) is 7.91. The summed E-state index contributed by atoms with van der Waals surface area (Å²) in [6.45, 7) is 3.89. The molecule has 1 unspecified atom stereocenters. The van der Waals surface area contributed by atoms with Crippen LogP contribution in [0.5, 0.6) is 0 Å². The Hall–Kier alpha value is -0.250. The molecule has 0 saturated carbocycles. The van der Waals surface area contributed by atoms with Crippen LogP contribution in [0, 0.1) is 0 Å². The minimum Gasteiger partial charge on any atom is -0.346 e. The van der Waals surface area contributed by atoms with E-state index in [0.29, 0.717) is 20.9 Å². The van der Waals surface area contributed by atoms with Crippen molar-refractivity contribution in [2.45, 2.75) is 25.8 Å². The summed E-state index contributed by atoms with van der Waals surface area (Å²) in [4.78, 5) is 12.1. The number of benzene rings is 1. The summed E-state index contributed by atoms with van der Waals surface area (Å²) in [6, 6.07) is 5.11. The lowest BCUT2D eigenvalue weighted by atomic mass is 10.0. The van der Waals surface area contributed by atoms with E-state index in [9.17, 15) is 4.79 Å². The van der Waals surface area contributed by atoms with Gasteiger partial charge in [0.1, 0.15) is 0 Å². The third kappa shape index (κ3) is 3.87. The summed E-state index contributed by atoms with van der Waals surface area (Å²) < 4.78 is 0.715. The first-order valence-electron chi connectivity index (χ1n) is 5.25. The summed E-state index contributed by atoms with van der Waals surface area (Å²) in [6.07, 6.45) is 0.764. The number of carbonyl (C=O) groups excluding carboxylic acids is 1. The number of hydrogen-bond acceptors (Lipinski definition) is 1. The number of alkyl halides is 1. The second-order valence-electron chi connectivity index (χ2n) is 4.13. The maximum absolute atomic E-state index is 12.1. The van der Waals surface area contributed by atoms with Crippen LogP contribution in [0.4, 0.5) is 0 Å². The molecular weight excluding hydrogens is 325 g/mol. The van der Waals surface area contributed by atoms with E-state index in [-0.39, 0.29) is 5.91 Å². The first-order valence-corrected chi connectivity index (χ1v) is 6.96. The Kier molecular flexibility index (Phi) is 5.29. The molecule has 0 saturated heterocycles. The topological polar surface area (TPSA) is 29.1 Å². The molecule has 2 nitrogen and oxygen atoms in total. The van der Waals surface area contributed by atoms with Gasteiger partial charge in [-0.1, -0.05) is 18.5 Å². The average molecular weight is 339 g/mol. The monoisotopic (exact) mass is 337 g/mol. The zero-order chi connectivity index (χ0) is 13.1. The molecule has 0 aliphatic heterocycles. The average Bonchev–Trinajstić information content (AvgIpc) is 2.32. The highest BCUT2D eigenvalue weighted by Gasteiger charge is 2.24. The lowest BCUT2D eigenvalue weighted by molar-refractivity contribution is 0.0911. The molecule has 1 aromatic carbocycles. The van der Waals surface area contributed by atoms with Gasteiger partial charge in [-0.3, -0.25) is 4.79 Å². The lowest BCUT2D eigenvalue weighted by Crippen LogP contribution is -2.47. The SMILES string of the molecule is CCC(C)(CCl)NC(=O)c1cc(Cl)ccc1Br. The minimum atomic E-state index is -0.402. The number of rotatable bonds is 4. The van der Waals surface area contributed by atoms with Crippen molar-refractivity contribution in [3.8, 4) is 0 Å². The highest BCUT2D eigenvalue weighted by Crippen LogP contribution is 2.22. The zero-order valence-corrected chi connectivity index (χ0v) is 12.8. The molecular formula is C12H14BrCl2NO. The molecule has 0 bridgehead atoms. The van der Waals surface area contributed by atoms with E-state index in [1.165, 1.54) is 0 Å². The fourth-order valence-corrected chi connectivity index (χ4v) is 2.08. The molecule has 1 N–H and O–H groups in total. The van der Waals surface area contributed by atoms with E-state index in [0.717, 1.165) is 6.42 Å². The van der Waals surface area contributed by atoms with Crippen molar-refractivity contribution in [1.82, 2.24) is 5.32 Å². The number of amides is 1. The molecule has 94 valence electrons. The molecule has 0 fully saturated rings. The second kappa shape index (κ2) is 6.07. The summed E-state index contributed by atoms with van der Waals surface area (Å²) in [5, 5.41) is 3.45. The second-order valence-corrected chi connectivity index (χ2v) is 5.68. The van der Waals surface area contributed by atoms with Gasteiger partial charge >= 0.3 is 0 Å². The molecule has 1 aromatic rings. The van der Waals surface area contributed by atoms with Gasteiger partial charge in [-0.05, 0) is 47.5 Å². The van der Waals surface area contributed by atoms with Crippen molar-refractivity contribution in [3.63, 3.8) is 0 Å². The van der Waals surface area contributed by atoms with E-state index >= 15 is 0 Å². The highest BCUT2D eigenvalue weighted by atomic mass is 79.9. The van der Waals surface area contributed by atoms with Crippen molar-refractivity contribution in [2.75, 3.05) is 5.88 Å². The quantitative estimate of drug-likeness (QED) is 0.817. The third-order valence-corrected chi connectivity index (χ3v) is 4.18. The molecule has 0 spiro atoms. The van der Waals surface area contributed by atoms with Crippen LogP contribution in [-0.4, -0.2) is 17.3 Å². The van der Waals surface area contributed by atoms with Crippen LogP contribution in [0.25, 0.3) is 0 Å². The van der Waals surface area contributed by atoms with Crippen molar-refractivity contribution in [3.05, 3.63) is 33.3 Å². The molecule has 1 atom stereocenters. The van der Waals surface area contributed by atoms with Gasteiger partial charge in [0.05, 0.1) is 11.1 Å². The summed E-state index contributed by atoms with van der Waals surface area (Å²) in [7, 11) is 0. The van der Waals surface area contributed by atoms with Crippen LogP contribution in [0.15, 0.2) is 22.7 Å². The van der Waals surface area contributed by atoms with Gasteiger partial charge in [-0.2, -0.15) is 0 Å². The van der Waals surface area contributed by atoms with Crippen LogP contribution in [0.1, 0.15) is 30.6 Å². The Morgan fingerprint density at radius 1 is 1.53 bits per heavy atom. The van der Waals surface area contributed by atoms with Gasteiger partial charge in [0.25, 0.3) is 5.91 Å². The molecule has 5 heteroatoms. The minimum absolute atomic E-state index is 0.177. The predicted octanol–water partition coefficient (Wildman–Crippen LogP) is 4.24. The highest BCUT2D eigenvalue weighted by molar-refractivity contribution is 9.10. The zero-order valence-electron chi connectivity index (χ0n) is 9.69. The number of carbonyl (C=O) groups is 1. The van der Waals surface area contributed by atoms with Gasteiger partial charge in [0.2, 0.25) is 0 Å². The Morgan fingerprint density at radius 2 is 2.18 bits per heavy atom. The van der Waals surface area contributed by atoms with Crippen LogP contribution in [0.2, 0.25) is 5.02 Å². The Morgan fingerprint density at radius 3 is 2.71 bits per heavy atom. The maximum atomic E-state index is 12.1. The van der Waals surface area contributed by atoms with Gasteiger partial charge in [0, 0.05) is 15.4 Å². The van der Waals surface area contributed by atoms with Crippen LogP contribution in [0.3, 0.4) is 0 Å². The van der Waals surface area contributed by atoms with Gasteiger partial charge in [-0.25, -0.2) is 0 Å². The van der Waals surface area contributed by atoms with Gasteiger partial charge < -0.3 is 5.32 Å². The molecule has 1 amide bonds. The van der Waals surface area contributed by atoms with E-state index < -0.39 is 5.54 Å². The Labute approximate surface area is 120 Å². The van der Waals surface area contributed by atoms with Gasteiger partial charge in [0.15, 0.2) is 0 Å². The van der Waals surface area contributed by atoms with Crippen LogP contribution < -0.4 is 5.32 Å². The molecule has 0 aliphatic carbocycles.